The number of methoxy groups -OCH3 is 2. The van der Waals surface area contributed by atoms with Crippen molar-refractivity contribution in [3.63, 3.8) is 0 Å². The summed E-state index contributed by atoms with van der Waals surface area (Å²) in [6.07, 6.45) is 5.63. The van der Waals surface area contributed by atoms with Gasteiger partial charge in [0.1, 0.15) is 11.5 Å². The number of nitrogens with one attached hydrogen (secondary N) is 8. The highest BCUT2D eigenvalue weighted by molar-refractivity contribution is 6.09. The Kier molecular flexibility index (Phi) is 19.0. The van der Waals surface area contributed by atoms with Gasteiger partial charge in [-0.15, -0.1) is 0 Å². The van der Waals surface area contributed by atoms with E-state index in [1.807, 2.05) is 110 Å². The molecule has 2 fully saturated rings. The minimum Gasteiger partial charge on any atom is -0.497 e. The van der Waals surface area contributed by atoms with Crippen molar-refractivity contribution in [3.8, 4) is 11.5 Å². The molecule has 8 N–H and O–H groups in total. The molecule has 4 aromatic carbocycles. The maximum absolute atomic E-state index is 14.1. The van der Waals surface area contributed by atoms with Crippen LogP contribution in [0.3, 0.4) is 0 Å². The summed E-state index contributed by atoms with van der Waals surface area (Å²) in [5.74, 6) is 0.272. The number of hydrogen-bond acceptors (Lipinski definition) is 14. The minimum absolute atomic E-state index is 0.0685. The lowest BCUT2D eigenvalue weighted by Gasteiger charge is -2.45. The van der Waals surface area contributed by atoms with Crippen molar-refractivity contribution in [2.45, 2.75) is 58.4 Å². The first kappa shape index (κ1) is 55.6. The van der Waals surface area contributed by atoms with Crippen molar-refractivity contribution in [1.29, 1.82) is 10.8 Å². The fourth-order valence-electron chi connectivity index (χ4n) is 8.70. The Morgan fingerprint density at radius 2 is 1.24 bits per heavy atom. The molecule has 0 spiro atoms. The number of amides is 4. The summed E-state index contributed by atoms with van der Waals surface area (Å²) in [5, 5.41) is 35.1. The summed E-state index contributed by atoms with van der Waals surface area (Å²) < 4.78 is 11.3. The van der Waals surface area contributed by atoms with Gasteiger partial charge in [0, 0.05) is 117 Å². The van der Waals surface area contributed by atoms with E-state index in [1.54, 1.807) is 46.8 Å². The summed E-state index contributed by atoms with van der Waals surface area (Å²) >= 11 is 0. The normalized spacial score (nSPS) is 14.8. The number of nitrogens with zero attached hydrogens (tertiary/aromatic N) is 4. The molecule has 0 aromatic heterocycles. The molecule has 2 atom stereocenters. The first-order chi connectivity index (χ1) is 35.4. The highest BCUT2D eigenvalue weighted by Crippen LogP contribution is 2.32. The van der Waals surface area contributed by atoms with Gasteiger partial charge in [-0.2, -0.15) is 0 Å². The Hall–Kier alpha value is -7.70. The van der Waals surface area contributed by atoms with Crippen LogP contribution in [0, 0.1) is 24.7 Å². The lowest BCUT2D eigenvalue weighted by atomic mass is 9.97. The molecule has 2 heterocycles. The second kappa shape index (κ2) is 25.3. The maximum atomic E-state index is 14.1. The van der Waals surface area contributed by atoms with Crippen molar-refractivity contribution in [3.05, 3.63) is 129 Å². The van der Waals surface area contributed by atoms with E-state index >= 15 is 0 Å². The van der Waals surface area contributed by atoms with E-state index in [4.69, 9.17) is 20.3 Å². The largest absolute Gasteiger partial charge is 0.497 e. The smallest absolute Gasteiger partial charge is 0.252 e. The molecule has 74 heavy (non-hydrogen) atoms. The Labute approximate surface area is 435 Å². The van der Waals surface area contributed by atoms with E-state index in [0.717, 1.165) is 65.4 Å². The van der Waals surface area contributed by atoms with E-state index in [2.05, 4.69) is 46.6 Å². The molecule has 2 aliphatic rings. The molecule has 0 unspecified atom stereocenters. The molecule has 394 valence electrons. The summed E-state index contributed by atoms with van der Waals surface area (Å²) in [6, 6.07) is 20.8. The lowest BCUT2D eigenvalue weighted by molar-refractivity contribution is -0.127. The SMILES string of the molecule is CNC1CN(c2ccc(C)c(C(=O)N[C@H](C)c3cc(OC)cc(/C(C=N)=C/NCC(=O)NCc4cc(C)c(C(=O)N[C@H](C)c5cc(OC)cc(/C(C=N)=C/NCC(=O)N(C)C)c5)cc4N4CC(N(C)C)C4)c3)c2)C1. The third-order valence-corrected chi connectivity index (χ3v) is 13.7. The molecular weight excluding hydrogens is 937 g/mol. The highest BCUT2D eigenvalue weighted by Gasteiger charge is 2.31. The average molecular weight is 1010 g/mol. The van der Waals surface area contributed by atoms with Crippen molar-refractivity contribution in [2.75, 3.05) is 98.5 Å². The fraction of sp³-hybridized carbons (Fsp3) is 0.393. The van der Waals surface area contributed by atoms with E-state index in [1.165, 1.54) is 17.3 Å². The van der Waals surface area contributed by atoms with E-state index in [0.29, 0.717) is 57.0 Å². The van der Waals surface area contributed by atoms with Crippen molar-refractivity contribution in [1.82, 2.24) is 41.7 Å². The zero-order valence-corrected chi connectivity index (χ0v) is 44.7. The first-order valence-electron chi connectivity index (χ1n) is 24.8. The van der Waals surface area contributed by atoms with Gasteiger partial charge < -0.3 is 71.8 Å². The summed E-state index contributed by atoms with van der Waals surface area (Å²) in [6.45, 7) is 11.1. The molecule has 0 radical (unpaired) electrons. The zero-order chi connectivity index (χ0) is 53.8. The molecule has 6 rings (SSSR count). The molecule has 4 aromatic rings. The van der Waals surface area contributed by atoms with Crippen LogP contribution in [0.25, 0.3) is 11.1 Å². The predicted molar refractivity (Wildman–Crippen MR) is 295 cm³/mol. The van der Waals surface area contributed by atoms with Gasteiger partial charge in [-0.05, 0) is 142 Å². The monoisotopic (exact) mass is 1010 g/mol. The van der Waals surface area contributed by atoms with Gasteiger partial charge in [0.05, 0.1) is 39.4 Å². The van der Waals surface area contributed by atoms with Crippen LogP contribution in [0.5, 0.6) is 11.5 Å². The van der Waals surface area contributed by atoms with Crippen LogP contribution in [-0.2, 0) is 16.1 Å². The first-order valence-corrected chi connectivity index (χ1v) is 24.8. The zero-order valence-electron chi connectivity index (χ0n) is 44.7. The van der Waals surface area contributed by atoms with Crippen LogP contribution >= 0.6 is 0 Å². The van der Waals surface area contributed by atoms with Crippen LogP contribution in [0.15, 0.2) is 79.1 Å². The number of likely N-dealkylation sites (N-methyl/N-ethyl adjacent to an activating group) is 3. The van der Waals surface area contributed by atoms with Crippen molar-refractivity contribution >= 4 is 58.6 Å². The predicted octanol–water partition coefficient (Wildman–Crippen LogP) is 5.03. The molecule has 18 nitrogen and oxygen atoms in total. The Morgan fingerprint density at radius 1 is 0.703 bits per heavy atom. The molecule has 2 saturated heterocycles. The van der Waals surface area contributed by atoms with Gasteiger partial charge in [-0.1, -0.05) is 12.1 Å². The summed E-state index contributed by atoms with van der Waals surface area (Å²) in [4.78, 5) is 61.4. The average Bonchev–Trinajstić information content (AvgIpc) is 3.35. The number of allylic oxidation sites excluding steroid dienone is 2. The second-order valence-corrected chi connectivity index (χ2v) is 19.4. The lowest BCUT2D eigenvalue weighted by Crippen LogP contribution is -2.57. The molecule has 0 aliphatic carbocycles. The third kappa shape index (κ3) is 13.9. The quantitative estimate of drug-likeness (QED) is 0.0434. The number of benzene rings is 4. The van der Waals surface area contributed by atoms with Gasteiger partial charge in [-0.25, -0.2) is 0 Å². The van der Waals surface area contributed by atoms with Crippen molar-refractivity contribution in [2.24, 2.45) is 0 Å². The third-order valence-electron chi connectivity index (χ3n) is 13.7. The van der Waals surface area contributed by atoms with Crippen LogP contribution in [0.4, 0.5) is 11.4 Å². The summed E-state index contributed by atoms with van der Waals surface area (Å²) in [7, 11) is 12.5. The fourth-order valence-corrected chi connectivity index (χ4v) is 8.70. The van der Waals surface area contributed by atoms with Crippen molar-refractivity contribution < 1.29 is 28.7 Å². The standard InChI is InChI=1S/C56H74N12O6/c1-34-12-13-46(67-30-45(31-67)59-5)21-50(34)55(71)63-36(3)38-15-40(19-48(17-38)73-10)43(23-57)25-60-28-53(69)62-27-42-14-35(2)51(22-52(42)68-32-47(33-68)65(6)7)56(72)64-37(4)39-16-41(20-49(18-39)74-11)44(24-58)26-61-29-54(70)66(8)9/h12-26,36-37,45,47,57-61H,27-33H2,1-11H3,(H,62,69)(H,63,71)(H,64,72)/b43-25+,44-26+,57-23?,58-24?/t36-,37-/m1/s1. The molecule has 4 amide bonds. The van der Waals surface area contributed by atoms with Crippen LogP contribution in [0.2, 0.25) is 0 Å². The number of anilines is 2. The number of carbonyl (C=O) groups excluding carboxylic acids is 4. The van der Waals surface area contributed by atoms with Gasteiger partial charge in [0.25, 0.3) is 11.8 Å². The summed E-state index contributed by atoms with van der Waals surface area (Å²) in [5.41, 5.74) is 9.39. The Bertz CT molecular complexity index is 2780. The molecule has 18 heteroatoms. The van der Waals surface area contributed by atoms with E-state index < -0.39 is 12.1 Å². The number of hydrogen-bond donors (Lipinski definition) is 8. The van der Waals surface area contributed by atoms with Crippen LogP contribution in [0.1, 0.15) is 85.6 Å². The van der Waals surface area contributed by atoms with Crippen LogP contribution in [-0.4, -0.2) is 147 Å². The van der Waals surface area contributed by atoms with E-state index in [9.17, 15) is 19.2 Å². The topological polar surface area (TPSA) is 220 Å². The Morgan fingerprint density at radius 3 is 1.74 bits per heavy atom. The van der Waals surface area contributed by atoms with Crippen LogP contribution < -0.4 is 51.2 Å². The second-order valence-electron chi connectivity index (χ2n) is 19.4. The molecule has 0 saturated carbocycles. The van der Waals surface area contributed by atoms with Gasteiger partial charge in [0.2, 0.25) is 11.8 Å². The molecule has 2 aliphatic heterocycles. The molecule has 0 bridgehead atoms. The minimum atomic E-state index is -0.451. The maximum Gasteiger partial charge on any atom is 0.252 e. The number of carbonyl (C=O) groups is 4. The number of ether oxygens (including phenoxy) is 2. The van der Waals surface area contributed by atoms with Gasteiger partial charge >= 0.3 is 0 Å². The number of rotatable bonds is 24. The highest BCUT2D eigenvalue weighted by atomic mass is 16.5. The van der Waals surface area contributed by atoms with Gasteiger partial charge in [0.15, 0.2) is 0 Å². The van der Waals surface area contributed by atoms with E-state index in [-0.39, 0.29) is 43.3 Å². The number of aryl methyl sites for hydroxylation is 2. The van der Waals surface area contributed by atoms with Gasteiger partial charge in [-0.3, -0.25) is 19.2 Å². The molecular formula is C56H74N12O6. The Balaban J connectivity index is 1.12.